The summed E-state index contributed by atoms with van der Waals surface area (Å²) < 4.78 is 47.9. The first-order valence-electron chi connectivity index (χ1n) is 9.40. The molecule has 0 amide bonds. The molecule has 9 heteroatoms. The second-order valence-corrected chi connectivity index (χ2v) is 7.73. The Labute approximate surface area is 176 Å². The SMILES string of the molecule is CCC(CC)COc1ccc(Br)cc1Cn1nc(CCC(=O)O)cc1C(F)(F)F. The minimum absolute atomic E-state index is 0.0675. The second-order valence-electron chi connectivity index (χ2n) is 6.82. The number of carboxylic acids is 1. The van der Waals surface area contributed by atoms with Crippen LogP contribution in [0.3, 0.4) is 0 Å². The first kappa shape index (κ1) is 23.3. The fourth-order valence-electron chi connectivity index (χ4n) is 2.88. The molecule has 0 saturated heterocycles. The fourth-order valence-corrected chi connectivity index (χ4v) is 3.29. The van der Waals surface area contributed by atoms with Crippen LogP contribution in [-0.2, 0) is 23.9 Å². The van der Waals surface area contributed by atoms with Gasteiger partial charge >= 0.3 is 12.1 Å². The van der Waals surface area contributed by atoms with Crippen LogP contribution in [0.15, 0.2) is 28.7 Å². The summed E-state index contributed by atoms with van der Waals surface area (Å²) in [5.41, 5.74) is -0.262. The maximum atomic E-state index is 13.5. The topological polar surface area (TPSA) is 64.4 Å². The maximum absolute atomic E-state index is 13.5. The van der Waals surface area contributed by atoms with E-state index in [0.717, 1.165) is 23.6 Å². The number of hydrogen-bond donors (Lipinski definition) is 1. The van der Waals surface area contributed by atoms with Gasteiger partial charge in [0.15, 0.2) is 0 Å². The lowest BCUT2D eigenvalue weighted by atomic mass is 10.1. The number of aromatic nitrogens is 2. The van der Waals surface area contributed by atoms with Crippen molar-refractivity contribution in [3.63, 3.8) is 0 Å². The summed E-state index contributed by atoms with van der Waals surface area (Å²) in [6.45, 7) is 4.48. The molecule has 0 bridgehead atoms. The summed E-state index contributed by atoms with van der Waals surface area (Å²) in [6, 6.07) is 6.12. The van der Waals surface area contributed by atoms with Crippen molar-refractivity contribution < 1.29 is 27.8 Å². The van der Waals surface area contributed by atoms with Gasteiger partial charge in [0.25, 0.3) is 0 Å². The third-order valence-corrected chi connectivity index (χ3v) is 5.18. The highest BCUT2D eigenvalue weighted by atomic mass is 79.9. The molecule has 0 aliphatic heterocycles. The zero-order valence-corrected chi connectivity index (χ0v) is 17.9. The van der Waals surface area contributed by atoms with Crippen LogP contribution >= 0.6 is 15.9 Å². The summed E-state index contributed by atoms with van der Waals surface area (Å²) in [7, 11) is 0. The molecule has 0 saturated carbocycles. The summed E-state index contributed by atoms with van der Waals surface area (Å²) >= 11 is 3.35. The van der Waals surface area contributed by atoms with Crippen LogP contribution in [0.5, 0.6) is 5.75 Å². The molecule has 2 rings (SSSR count). The van der Waals surface area contributed by atoms with E-state index in [1.807, 2.05) is 0 Å². The summed E-state index contributed by atoms with van der Waals surface area (Å²) in [4.78, 5) is 10.7. The maximum Gasteiger partial charge on any atom is 0.433 e. The highest BCUT2D eigenvalue weighted by molar-refractivity contribution is 9.10. The lowest BCUT2D eigenvalue weighted by Crippen LogP contribution is -2.16. The number of halogens is 4. The Morgan fingerprint density at radius 3 is 2.55 bits per heavy atom. The van der Waals surface area contributed by atoms with Crippen molar-refractivity contribution in [2.45, 2.75) is 52.3 Å². The Morgan fingerprint density at radius 1 is 1.28 bits per heavy atom. The van der Waals surface area contributed by atoms with E-state index in [4.69, 9.17) is 9.84 Å². The van der Waals surface area contributed by atoms with Crippen LogP contribution in [0.25, 0.3) is 0 Å². The van der Waals surface area contributed by atoms with Gasteiger partial charge in [-0.3, -0.25) is 9.48 Å². The lowest BCUT2D eigenvalue weighted by molar-refractivity contribution is -0.144. The number of alkyl halides is 3. The number of nitrogens with zero attached hydrogens (tertiary/aromatic N) is 2. The van der Waals surface area contributed by atoms with Crippen LogP contribution in [-0.4, -0.2) is 27.5 Å². The molecule has 1 N–H and O–H groups in total. The van der Waals surface area contributed by atoms with Crippen molar-refractivity contribution in [2.75, 3.05) is 6.61 Å². The van der Waals surface area contributed by atoms with Gasteiger partial charge in [-0.05, 0) is 30.2 Å². The van der Waals surface area contributed by atoms with Crippen LogP contribution in [0.2, 0.25) is 0 Å². The highest BCUT2D eigenvalue weighted by Crippen LogP contribution is 2.32. The van der Waals surface area contributed by atoms with Gasteiger partial charge in [-0.2, -0.15) is 18.3 Å². The quantitative estimate of drug-likeness (QED) is 0.488. The van der Waals surface area contributed by atoms with E-state index in [1.54, 1.807) is 18.2 Å². The molecule has 0 aliphatic carbocycles. The monoisotopic (exact) mass is 476 g/mol. The third-order valence-electron chi connectivity index (χ3n) is 4.69. The van der Waals surface area contributed by atoms with Crippen LogP contribution in [0, 0.1) is 5.92 Å². The molecule has 29 heavy (non-hydrogen) atoms. The van der Waals surface area contributed by atoms with Crippen molar-refractivity contribution >= 4 is 21.9 Å². The predicted octanol–water partition coefficient (Wildman–Crippen LogP) is 5.54. The number of carboxylic acid groups (broad SMARTS) is 1. The number of carbonyl (C=O) groups is 1. The molecule has 0 unspecified atom stereocenters. The van der Waals surface area contributed by atoms with Crippen LogP contribution < -0.4 is 4.74 Å². The van der Waals surface area contributed by atoms with E-state index >= 15 is 0 Å². The zero-order chi connectivity index (χ0) is 21.6. The van der Waals surface area contributed by atoms with Gasteiger partial charge in [0, 0.05) is 16.5 Å². The molecule has 0 spiro atoms. The predicted molar refractivity (Wildman–Crippen MR) is 106 cm³/mol. The standard InChI is InChI=1S/C20H24BrF3N2O3/c1-3-13(4-2)12-29-17-7-5-15(21)9-14(17)11-26-18(20(22,23)24)10-16(25-26)6-8-19(27)28/h5,7,9-10,13H,3-4,6,8,11-12H2,1-2H3,(H,27,28). The molecule has 0 aliphatic rings. The largest absolute Gasteiger partial charge is 0.493 e. The van der Waals surface area contributed by atoms with Crippen molar-refractivity contribution in [1.82, 2.24) is 9.78 Å². The smallest absolute Gasteiger partial charge is 0.433 e. The molecule has 1 aromatic heterocycles. The van der Waals surface area contributed by atoms with Gasteiger partial charge in [-0.25, -0.2) is 0 Å². The molecular weight excluding hydrogens is 453 g/mol. The Balaban J connectivity index is 2.32. The summed E-state index contributed by atoms with van der Waals surface area (Å²) in [5.74, 6) is -0.211. The molecule has 160 valence electrons. The number of aryl methyl sites for hydroxylation is 1. The second kappa shape index (κ2) is 10.1. The molecule has 2 aromatic rings. The van der Waals surface area contributed by atoms with Gasteiger partial charge in [0.05, 0.1) is 25.3 Å². The molecule has 0 fully saturated rings. The van der Waals surface area contributed by atoms with E-state index in [0.29, 0.717) is 28.3 Å². The van der Waals surface area contributed by atoms with Gasteiger partial charge in [0.2, 0.25) is 0 Å². The Morgan fingerprint density at radius 2 is 1.97 bits per heavy atom. The Hall–Kier alpha value is -2.03. The first-order valence-corrected chi connectivity index (χ1v) is 10.2. The minimum Gasteiger partial charge on any atom is -0.493 e. The van der Waals surface area contributed by atoms with Crippen molar-refractivity contribution in [3.8, 4) is 5.75 Å². The third kappa shape index (κ3) is 6.76. The van der Waals surface area contributed by atoms with Gasteiger partial charge in [0.1, 0.15) is 11.4 Å². The molecule has 1 aromatic carbocycles. The number of ether oxygens (including phenoxy) is 1. The van der Waals surface area contributed by atoms with E-state index in [1.165, 1.54) is 0 Å². The molecule has 1 heterocycles. The van der Waals surface area contributed by atoms with Crippen molar-refractivity contribution in [1.29, 1.82) is 0 Å². The number of rotatable bonds is 10. The lowest BCUT2D eigenvalue weighted by Gasteiger charge is -2.17. The zero-order valence-electron chi connectivity index (χ0n) is 16.3. The summed E-state index contributed by atoms with van der Waals surface area (Å²) in [5, 5.41) is 12.8. The van der Waals surface area contributed by atoms with Gasteiger partial charge in [-0.1, -0.05) is 42.6 Å². The number of hydrogen-bond acceptors (Lipinski definition) is 3. The average molecular weight is 477 g/mol. The fraction of sp³-hybridized carbons (Fsp3) is 0.500. The number of aliphatic carboxylic acids is 1. The van der Waals surface area contributed by atoms with E-state index in [9.17, 15) is 18.0 Å². The molecule has 0 atom stereocenters. The van der Waals surface area contributed by atoms with Gasteiger partial charge in [-0.15, -0.1) is 0 Å². The van der Waals surface area contributed by atoms with E-state index < -0.39 is 17.8 Å². The van der Waals surface area contributed by atoms with E-state index in [2.05, 4.69) is 34.9 Å². The minimum atomic E-state index is -4.60. The average Bonchev–Trinajstić information content (AvgIpc) is 3.05. The molecule has 5 nitrogen and oxygen atoms in total. The van der Waals surface area contributed by atoms with Gasteiger partial charge < -0.3 is 9.84 Å². The van der Waals surface area contributed by atoms with Crippen molar-refractivity contribution in [2.24, 2.45) is 5.92 Å². The van der Waals surface area contributed by atoms with E-state index in [-0.39, 0.29) is 25.1 Å². The normalized spacial score (nSPS) is 11.8. The number of benzene rings is 1. The first-order chi connectivity index (χ1) is 13.6. The van der Waals surface area contributed by atoms with Crippen molar-refractivity contribution in [3.05, 3.63) is 45.7 Å². The highest BCUT2D eigenvalue weighted by Gasteiger charge is 2.36. The Kier molecular flexibility index (Phi) is 8.13. The summed E-state index contributed by atoms with van der Waals surface area (Å²) in [6.07, 6.45) is -3.05. The molecular formula is C20H24BrF3N2O3. The molecule has 0 radical (unpaired) electrons. The van der Waals surface area contributed by atoms with Crippen LogP contribution in [0.1, 0.15) is 50.1 Å². The Bertz CT molecular complexity index is 833. The van der Waals surface area contributed by atoms with Crippen LogP contribution in [0.4, 0.5) is 13.2 Å².